The van der Waals surface area contributed by atoms with Crippen molar-refractivity contribution < 1.29 is 0 Å². The molecule has 0 N–H and O–H groups in total. The van der Waals surface area contributed by atoms with E-state index in [1.165, 1.54) is 27.4 Å². The van der Waals surface area contributed by atoms with Crippen LogP contribution in [0.15, 0.2) is 65.3 Å². The summed E-state index contributed by atoms with van der Waals surface area (Å²) in [5.41, 5.74) is 3.60. The lowest BCUT2D eigenvalue weighted by Gasteiger charge is -2.12. The fraction of sp³-hybridized carbons (Fsp3) is 0.150. The van der Waals surface area contributed by atoms with Gasteiger partial charge in [-0.1, -0.05) is 50.2 Å². The lowest BCUT2D eigenvalue weighted by molar-refractivity contribution is 0.852. The average Bonchev–Trinajstić information content (AvgIpc) is 2.89. The fourth-order valence-corrected chi connectivity index (χ4v) is 3.62. The molecule has 0 radical (unpaired) electrons. The van der Waals surface area contributed by atoms with Crippen LogP contribution < -0.4 is 0 Å². The Hall–Kier alpha value is -2.13. The van der Waals surface area contributed by atoms with E-state index >= 15 is 0 Å². The van der Waals surface area contributed by atoms with Crippen molar-refractivity contribution >= 4 is 37.7 Å². The van der Waals surface area contributed by atoms with Crippen molar-refractivity contribution in [2.75, 3.05) is 0 Å². The van der Waals surface area contributed by atoms with E-state index in [0.717, 1.165) is 10.3 Å². The van der Waals surface area contributed by atoms with Gasteiger partial charge in [-0.2, -0.15) is 0 Å². The van der Waals surface area contributed by atoms with E-state index in [2.05, 4.69) is 88.9 Å². The zero-order valence-electron chi connectivity index (χ0n) is 13.1. The van der Waals surface area contributed by atoms with Crippen molar-refractivity contribution in [1.29, 1.82) is 0 Å². The Morgan fingerprint density at radius 3 is 2.00 bits per heavy atom. The van der Waals surface area contributed by atoms with Gasteiger partial charge in [0.25, 0.3) is 0 Å². The molecule has 0 aliphatic carbocycles. The molecule has 23 heavy (non-hydrogen) atoms. The maximum atomic E-state index is 4.76. The minimum Gasteiger partial charge on any atom is -0.293 e. The number of aromatic nitrogens is 2. The highest BCUT2D eigenvalue weighted by Gasteiger charge is 2.15. The van der Waals surface area contributed by atoms with Crippen molar-refractivity contribution in [3.8, 4) is 5.82 Å². The highest BCUT2D eigenvalue weighted by molar-refractivity contribution is 9.10. The minimum atomic E-state index is 0.464. The summed E-state index contributed by atoms with van der Waals surface area (Å²) in [7, 11) is 0. The molecular formula is C20H17BrN2. The second-order valence-corrected chi connectivity index (χ2v) is 6.95. The van der Waals surface area contributed by atoms with Crippen LogP contribution in [-0.2, 0) is 0 Å². The van der Waals surface area contributed by atoms with Crippen molar-refractivity contribution in [2.45, 2.75) is 19.8 Å². The van der Waals surface area contributed by atoms with Gasteiger partial charge >= 0.3 is 0 Å². The number of para-hydroxylation sites is 2. The first-order valence-electron chi connectivity index (χ1n) is 7.81. The average molecular weight is 365 g/mol. The molecule has 3 heteroatoms. The second kappa shape index (κ2) is 5.50. The molecule has 2 heterocycles. The highest BCUT2D eigenvalue weighted by Crippen LogP contribution is 2.34. The number of fused-ring (bicyclic) bond motifs is 3. The smallest absolute Gasteiger partial charge is 0.151 e. The summed E-state index contributed by atoms with van der Waals surface area (Å²) in [5, 5.41) is 2.51. The lowest BCUT2D eigenvalue weighted by Crippen LogP contribution is -2.00. The van der Waals surface area contributed by atoms with E-state index in [0.29, 0.717) is 5.92 Å². The van der Waals surface area contributed by atoms with Crippen molar-refractivity contribution in [1.82, 2.24) is 9.55 Å². The van der Waals surface area contributed by atoms with Gasteiger partial charge in [0.05, 0.1) is 15.5 Å². The minimum absolute atomic E-state index is 0.464. The first-order valence-corrected chi connectivity index (χ1v) is 8.60. The van der Waals surface area contributed by atoms with Gasteiger partial charge in [-0.3, -0.25) is 4.57 Å². The van der Waals surface area contributed by atoms with Crippen LogP contribution in [0.2, 0.25) is 0 Å². The van der Waals surface area contributed by atoms with Crippen LogP contribution in [0.4, 0.5) is 0 Å². The summed E-state index contributed by atoms with van der Waals surface area (Å²) in [5.74, 6) is 1.40. The standard InChI is InChI=1S/C20H17BrN2/c1-13(2)14-11-17(21)20(22-12-14)23-18-9-5-3-7-15(18)16-8-4-6-10-19(16)23/h3-13H,1-2H3. The molecule has 2 aromatic carbocycles. The van der Waals surface area contributed by atoms with Crippen LogP contribution in [0.3, 0.4) is 0 Å². The summed E-state index contributed by atoms with van der Waals surface area (Å²) in [4.78, 5) is 4.76. The molecule has 0 fully saturated rings. The number of halogens is 1. The summed E-state index contributed by atoms with van der Waals surface area (Å²) < 4.78 is 3.26. The van der Waals surface area contributed by atoms with Crippen LogP contribution in [0, 0.1) is 0 Å². The van der Waals surface area contributed by atoms with Crippen molar-refractivity contribution in [3.05, 3.63) is 70.8 Å². The van der Waals surface area contributed by atoms with E-state index in [-0.39, 0.29) is 0 Å². The van der Waals surface area contributed by atoms with Gasteiger partial charge in [-0.15, -0.1) is 0 Å². The van der Waals surface area contributed by atoms with Gasteiger partial charge in [-0.05, 0) is 45.6 Å². The largest absolute Gasteiger partial charge is 0.293 e. The lowest BCUT2D eigenvalue weighted by atomic mass is 10.1. The first kappa shape index (κ1) is 14.5. The van der Waals surface area contributed by atoms with Gasteiger partial charge < -0.3 is 0 Å². The molecule has 0 spiro atoms. The Morgan fingerprint density at radius 2 is 1.48 bits per heavy atom. The van der Waals surface area contributed by atoms with Crippen LogP contribution in [0.1, 0.15) is 25.3 Å². The number of rotatable bonds is 2. The SMILES string of the molecule is CC(C)c1cnc(-n2c3ccccc3c3ccccc32)c(Br)c1. The van der Waals surface area contributed by atoms with Crippen LogP contribution in [-0.4, -0.2) is 9.55 Å². The number of nitrogens with zero attached hydrogens (tertiary/aromatic N) is 2. The molecule has 0 amide bonds. The van der Waals surface area contributed by atoms with Gasteiger partial charge in [0.1, 0.15) is 0 Å². The van der Waals surface area contributed by atoms with E-state index in [1.807, 2.05) is 6.20 Å². The van der Waals surface area contributed by atoms with Crippen molar-refractivity contribution in [2.24, 2.45) is 0 Å². The van der Waals surface area contributed by atoms with E-state index < -0.39 is 0 Å². The zero-order valence-corrected chi connectivity index (χ0v) is 14.7. The normalized spacial score (nSPS) is 11.7. The summed E-state index contributed by atoms with van der Waals surface area (Å²) in [6.07, 6.45) is 1.98. The predicted molar refractivity (Wildman–Crippen MR) is 100 cm³/mol. The number of pyridine rings is 1. The third kappa shape index (κ3) is 2.27. The van der Waals surface area contributed by atoms with E-state index in [1.54, 1.807) is 0 Å². The molecule has 114 valence electrons. The maximum Gasteiger partial charge on any atom is 0.151 e. The molecule has 0 atom stereocenters. The molecule has 0 bridgehead atoms. The number of hydrogen-bond donors (Lipinski definition) is 0. The summed E-state index contributed by atoms with van der Waals surface area (Å²) in [6.45, 7) is 4.37. The van der Waals surface area contributed by atoms with Crippen LogP contribution in [0.5, 0.6) is 0 Å². The fourth-order valence-electron chi connectivity index (χ4n) is 3.08. The molecular weight excluding hydrogens is 348 g/mol. The molecule has 2 nitrogen and oxygen atoms in total. The van der Waals surface area contributed by atoms with Crippen LogP contribution in [0.25, 0.3) is 27.6 Å². The van der Waals surface area contributed by atoms with Crippen molar-refractivity contribution in [3.63, 3.8) is 0 Å². The molecule has 4 aromatic rings. The first-order chi connectivity index (χ1) is 11.2. The topological polar surface area (TPSA) is 17.8 Å². The third-order valence-corrected chi connectivity index (χ3v) is 4.89. The quantitative estimate of drug-likeness (QED) is 0.422. The molecule has 0 aliphatic heterocycles. The Labute approximate surface area is 143 Å². The van der Waals surface area contributed by atoms with Crippen LogP contribution >= 0.6 is 15.9 Å². The molecule has 4 rings (SSSR count). The predicted octanol–water partition coefficient (Wildman–Crippen LogP) is 6.06. The molecule has 0 unspecified atom stereocenters. The Bertz CT molecular complexity index is 961. The molecule has 0 saturated carbocycles. The third-order valence-electron chi connectivity index (χ3n) is 4.30. The Kier molecular flexibility index (Phi) is 3.46. The second-order valence-electron chi connectivity index (χ2n) is 6.10. The van der Waals surface area contributed by atoms with E-state index in [4.69, 9.17) is 4.98 Å². The van der Waals surface area contributed by atoms with Gasteiger partial charge in [-0.25, -0.2) is 4.98 Å². The Balaban J connectivity index is 2.08. The monoisotopic (exact) mass is 364 g/mol. The van der Waals surface area contributed by atoms with Gasteiger partial charge in [0, 0.05) is 17.0 Å². The molecule has 2 aromatic heterocycles. The number of benzene rings is 2. The molecule has 0 saturated heterocycles. The van der Waals surface area contributed by atoms with Gasteiger partial charge in [0.15, 0.2) is 5.82 Å². The Morgan fingerprint density at radius 1 is 0.913 bits per heavy atom. The summed E-state index contributed by atoms with van der Waals surface area (Å²) in [6, 6.07) is 19.2. The summed E-state index contributed by atoms with van der Waals surface area (Å²) >= 11 is 3.73. The molecule has 0 aliphatic rings. The zero-order chi connectivity index (χ0) is 16.0. The maximum absolute atomic E-state index is 4.76. The highest BCUT2D eigenvalue weighted by atomic mass is 79.9. The van der Waals surface area contributed by atoms with E-state index in [9.17, 15) is 0 Å². The van der Waals surface area contributed by atoms with Gasteiger partial charge in [0.2, 0.25) is 0 Å². The number of hydrogen-bond acceptors (Lipinski definition) is 1.